The molecule has 0 aliphatic rings. The Morgan fingerprint density at radius 1 is 0.333 bits per heavy atom. The molecule has 0 radical (unpaired) electrons. The van der Waals surface area contributed by atoms with Crippen molar-refractivity contribution >= 4 is 74.9 Å². The largest absolute Gasteiger partial charge is 0.0616 e. The first-order chi connectivity index (χ1) is 14.7. The minimum absolute atomic E-state index is 1.13. The van der Waals surface area contributed by atoms with E-state index in [-0.39, 0.29) is 0 Å². The zero-order valence-corrected chi connectivity index (χ0v) is 19.3. The molecular weight excluding hydrogens is 496 g/mol. The molecule has 0 aromatic heterocycles. The fraction of sp³-hybridized carbons (Fsp3) is 0. The standard InChI is InChI=1S/2C14H9Br/c2*15-12-7-8-14-11(9-12)6-5-10-3-1-2-4-13(10)14/h2*1-9H. The highest BCUT2D eigenvalue weighted by Gasteiger charge is 2.00. The summed E-state index contributed by atoms with van der Waals surface area (Å²) in [6.45, 7) is 0. The summed E-state index contributed by atoms with van der Waals surface area (Å²) in [4.78, 5) is 0. The van der Waals surface area contributed by atoms with Gasteiger partial charge in [-0.1, -0.05) is 117 Å². The zero-order chi connectivity index (χ0) is 20.5. The number of fused-ring (bicyclic) bond motifs is 6. The van der Waals surface area contributed by atoms with E-state index in [9.17, 15) is 0 Å². The molecule has 0 atom stereocenters. The van der Waals surface area contributed by atoms with Gasteiger partial charge in [0.1, 0.15) is 0 Å². The van der Waals surface area contributed by atoms with Crippen molar-refractivity contribution in [2.45, 2.75) is 0 Å². The molecule has 0 nitrogen and oxygen atoms in total. The predicted molar refractivity (Wildman–Crippen MR) is 138 cm³/mol. The number of rotatable bonds is 0. The van der Waals surface area contributed by atoms with Crippen LogP contribution >= 0.6 is 31.9 Å². The van der Waals surface area contributed by atoms with E-state index in [1.807, 2.05) is 0 Å². The second kappa shape index (κ2) is 8.22. The summed E-state index contributed by atoms with van der Waals surface area (Å²) < 4.78 is 2.26. The van der Waals surface area contributed by atoms with Gasteiger partial charge in [0.05, 0.1) is 0 Å². The Bertz CT molecular complexity index is 1400. The van der Waals surface area contributed by atoms with Gasteiger partial charge in [-0.3, -0.25) is 0 Å². The van der Waals surface area contributed by atoms with E-state index in [4.69, 9.17) is 0 Å². The minimum Gasteiger partial charge on any atom is -0.0616 e. The van der Waals surface area contributed by atoms with Gasteiger partial charge >= 0.3 is 0 Å². The average Bonchev–Trinajstić information content (AvgIpc) is 2.79. The first-order valence-electron chi connectivity index (χ1n) is 9.83. The Hall–Kier alpha value is -2.68. The lowest BCUT2D eigenvalue weighted by molar-refractivity contribution is 1.72. The zero-order valence-electron chi connectivity index (χ0n) is 16.1. The van der Waals surface area contributed by atoms with Gasteiger partial charge < -0.3 is 0 Å². The van der Waals surface area contributed by atoms with E-state index < -0.39 is 0 Å². The lowest BCUT2D eigenvalue weighted by atomic mass is 10.0. The second-order valence-electron chi connectivity index (χ2n) is 7.30. The van der Waals surface area contributed by atoms with Gasteiger partial charge in [0.15, 0.2) is 0 Å². The Morgan fingerprint density at radius 3 is 1.17 bits per heavy atom. The summed E-state index contributed by atoms with van der Waals surface area (Å²) in [6, 6.07) is 38.5. The number of benzene rings is 6. The van der Waals surface area contributed by atoms with Gasteiger partial charge in [-0.25, -0.2) is 0 Å². The van der Waals surface area contributed by atoms with E-state index in [0.29, 0.717) is 0 Å². The lowest BCUT2D eigenvalue weighted by Gasteiger charge is -2.03. The predicted octanol–water partition coefficient (Wildman–Crippen LogP) is 9.51. The number of halogens is 2. The van der Waals surface area contributed by atoms with Crippen molar-refractivity contribution in [1.82, 2.24) is 0 Å². The van der Waals surface area contributed by atoms with E-state index in [1.165, 1.54) is 43.1 Å². The highest BCUT2D eigenvalue weighted by Crippen LogP contribution is 2.28. The van der Waals surface area contributed by atoms with Crippen LogP contribution in [0.5, 0.6) is 0 Å². The summed E-state index contributed by atoms with van der Waals surface area (Å²) in [7, 11) is 0. The second-order valence-corrected chi connectivity index (χ2v) is 9.14. The molecule has 0 spiro atoms. The third-order valence-corrected chi connectivity index (χ3v) is 6.40. The van der Waals surface area contributed by atoms with Crippen LogP contribution in [-0.2, 0) is 0 Å². The minimum atomic E-state index is 1.13. The first kappa shape index (κ1) is 19.3. The van der Waals surface area contributed by atoms with Crippen LogP contribution in [0.25, 0.3) is 43.1 Å². The summed E-state index contributed by atoms with van der Waals surface area (Å²) >= 11 is 6.99. The smallest absolute Gasteiger partial charge is 0.0181 e. The molecule has 0 amide bonds. The van der Waals surface area contributed by atoms with E-state index in [0.717, 1.165) is 8.95 Å². The molecule has 0 saturated carbocycles. The number of hydrogen-bond acceptors (Lipinski definition) is 0. The van der Waals surface area contributed by atoms with Gasteiger partial charge in [-0.15, -0.1) is 0 Å². The van der Waals surface area contributed by atoms with Crippen molar-refractivity contribution in [3.05, 3.63) is 118 Å². The molecule has 6 aromatic rings. The van der Waals surface area contributed by atoms with E-state index in [2.05, 4.69) is 141 Å². The molecule has 2 heteroatoms. The molecule has 144 valence electrons. The maximum absolute atomic E-state index is 3.50. The molecule has 0 N–H and O–H groups in total. The average molecular weight is 514 g/mol. The van der Waals surface area contributed by atoms with Crippen molar-refractivity contribution in [3.8, 4) is 0 Å². The van der Waals surface area contributed by atoms with Crippen molar-refractivity contribution in [3.63, 3.8) is 0 Å². The third-order valence-electron chi connectivity index (χ3n) is 5.41. The summed E-state index contributed by atoms with van der Waals surface area (Å²) in [5, 5.41) is 10.4. The maximum atomic E-state index is 3.50. The van der Waals surface area contributed by atoms with Crippen LogP contribution < -0.4 is 0 Å². The monoisotopic (exact) mass is 512 g/mol. The normalized spacial score (nSPS) is 11.0. The van der Waals surface area contributed by atoms with Crippen molar-refractivity contribution in [2.75, 3.05) is 0 Å². The molecule has 0 heterocycles. The quantitative estimate of drug-likeness (QED) is 0.177. The van der Waals surface area contributed by atoms with E-state index in [1.54, 1.807) is 0 Å². The molecule has 6 rings (SSSR count). The van der Waals surface area contributed by atoms with Crippen LogP contribution in [-0.4, -0.2) is 0 Å². The van der Waals surface area contributed by atoms with Gasteiger partial charge in [0.2, 0.25) is 0 Å². The summed E-state index contributed by atoms with van der Waals surface area (Å²) in [6.07, 6.45) is 0. The van der Waals surface area contributed by atoms with Crippen molar-refractivity contribution in [1.29, 1.82) is 0 Å². The van der Waals surface area contributed by atoms with Crippen LogP contribution in [0.1, 0.15) is 0 Å². The fourth-order valence-corrected chi connectivity index (χ4v) is 4.73. The van der Waals surface area contributed by atoms with Gasteiger partial charge in [-0.2, -0.15) is 0 Å². The van der Waals surface area contributed by atoms with Gasteiger partial charge in [-0.05, 0) is 67.4 Å². The number of hydrogen-bond donors (Lipinski definition) is 0. The van der Waals surface area contributed by atoms with Crippen molar-refractivity contribution in [2.24, 2.45) is 0 Å². The Morgan fingerprint density at radius 2 is 0.700 bits per heavy atom. The highest BCUT2D eigenvalue weighted by molar-refractivity contribution is 9.10. The molecule has 0 unspecified atom stereocenters. The first-order valence-corrected chi connectivity index (χ1v) is 11.4. The van der Waals surface area contributed by atoms with Crippen LogP contribution in [0.3, 0.4) is 0 Å². The molecule has 0 aliphatic carbocycles. The maximum Gasteiger partial charge on any atom is 0.0181 e. The van der Waals surface area contributed by atoms with Crippen LogP contribution in [0.4, 0.5) is 0 Å². The molecular formula is C28H18Br2. The molecule has 0 aliphatic heterocycles. The van der Waals surface area contributed by atoms with E-state index >= 15 is 0 Å². The topological polar surface area (TPSA) is 0 Å². The SMILES string of the molecule is Brc1ccc2c(ccc3ccccc32)c1.Brc1ccc2c(ccc3ccccc32)c1. The molecule has 0 saturated heterocycles. The van der Waals surface area contributed by atoms with Crippen LogP contribution in [0.2, 0.25) is 0 Å². The molecule has 0 bridgehead atoms. The van der Waals surface area contributed by atoms with Crippen LogP contribution in [0.15, 0.2) is 118 Å². The summed E-state index contributed by atoms with van der Waals surface area (Å²) in [5.74, 6) is 0. The lowest BCUT2D eigenvalue weighted by Crippen LogP contribution is -1.76. The molecule has 30 heavy (non-hydrogen) atoms. The fourth-order valence-electron chi connectivity index (χ4n) is 3.97. The van der Waals surface area contributed by atoms with Gasteiger partial charge in [0.25, 0.3) is 0 Å². The van der Waals surface area contributed by atoms with Gasteiger partial charge in [0, 0.05) is 8.95 Å². The highest BCUT2D eigenvalue weighted by atomic mass is 79.9. The molecule has 0 fully saturated rings. The Labute approximate surface area is 192 Å². The third kappa shape index (κ3) is 3.74. The van der Waals surface area contributed by atoms with Crippen molar-refractivity contribution < 1.29 is 0 Å². The Kier molecular flexibility index (Phi) is 5.28. The molecule has 6 aromatic carbocycles. The Balaban J connectivity index is 0.000000128. The summed E-state index contributed by atoms with van der Waals surface area (Å²) in [5.41, 5.74) is 0. The van der Waals surface area contributed by atoms with Crippen LogP contribution in [0, 0.1) is 0 Å².